The van der Waals surface area contributed by atoms with Gasteiger partial charge in [-0.25, -0.2) is 4.39 Å². The van der Waals surface area contributed by atoms with Gasteiger partial charge in [0.15, 0.2) is 0 Å². The van der Waals surface area contributed by atoms with Crippen LogP contribution in [0.3, 0.4) is 0 Å². The first-order valence-electron chi connectivity index (χ1n) is 7.49. The highest BCUT2D eigenvalue weighted by Crippen LogP contribution is 2.30. The smallest absolute Gasteiger partial charge is 0.141 e. The van der Waals surface area contributed by atoms with E-state index in [9.17, 15) is 4.39 Å². The topological polar surface area (TPSA) is 24.9 Å². The molecule has 0 radical (unpaired) electrons. The first kappa shape index (κ1) is 14.4. The molecule has 2 rings (SSSR count). The van der Waals surface area contributed by atoms with Crippen LogP contribution in [0.4, 0.5) is 4.39 Å². The molecule has 0 aromatic carbocycles. The number of hydrogen-bond acceptors (Lipinski definition) is 2. The Balaban J connectivity index is 1.70. The number of rotatable bonds is 5. The van der Waals surface area contributed by atoms with Crippen molar-refractivity contribution in [2.75, 3.05) is 6.54 Å². The summed E-state index contributed by atoms with van der Waals surface area (Å²) in [6.07, 6.45) is 9.74. The maximum absolute atomic E-state index is 13.1. The van der Waals surface area contributed by atoms with Crippen molar-refractivity contribution >= 4 is 0 Å². The van der Waals surface area contributed by atoms with Crippen molar-refractivity contribution in [3.05, 3.63) is 29.8 Å². The molecule has 0 amide bonds. The van der Waals surface area contributed by atoms with Gasteiger partial charge in [-0.1, -0.05) is 32.6 Å². The van der Waals surface area contributed by atoms with Crippen LogP contribution in [-0.4, -0.2) is 11.5 Å². The molecule has 1 aromatic rings. The number of nitrogens with zero attached hydrogens (tertiary/aromatic N) is 1. The van der Waals surface area contributed by atoms with Crippen LogP contribution in [0.1, 0.15) is 57.6 Å². The molecule has 1 heterocycles. The number of aromatic nitrogens is 1. The van der Waals surface area contributed by atoms with Gasteiger partial charge in [0, 0.05) is 12.2 Å². The minimum absolute atomic E-state index is 0.172. The third-order valence-electron chi connectivity index (χ3n) is 4.36. The predicted molar refractivity (Wildman–Crippen MR) is 76.4 cm³/mol. The SMILES string of the molecule is CC1CCC(CCNC(C)c2cncc(F)c2)CC1. The van der Waals surface area contributed by atoms with Crippen molar-refractivity contribution in [1.82, 2.24) is 10.3 Å². The van der Waals surface area contributed by atoms with E-state index in [-0.39, 0.29) is 11.9 Å². The maximum Gasteiger partial charge on any atom is 0.141 e. The molecule has 0 saturated heterocycles. The van der Waals surface area contributed by atoms with E-state index >= 15 is 0 Å². The molecule has 0 spiro atoms. The third-order valence-corrected chi connectivity index (χ3v) is 4.36. The van der Waals surface area contributed by atoms with Crippen molar-refractivity contribution in [3.8, 4) is 0 Å². The van der Waals surface area contributed by atoms with E-state index in [1.807, 2.05) is 0 Å². The molecule has 106 valence electrons. The molecular formula is C16H25FN2. The van der Waals surface area contributed by atoms with E-state index in [0.717, 1.165) is 23.9 Å². The van der Waals surface area contributed by atoms with Gasteiger partial charge < -0.3 is 5.32 Å². The fourth-order valence-electron chi connectivity index (χ4n) is 2.90. The Morgan fingerprint density at radius 2 is 2.05 bits per heavy atom. The van der Waals surface area contributed by atoms with Crippen molar-refractivity contribution in [2.24, 2.45) is 11.8 Å². The molecule has 3 heteroatoms. The van der Waals surface area contributed by atoms with Crippen LogP contribution >= 0.6 is 0 Å². The Labute approximate surface area is 115 Å². The van der Waals surface area contributed by atoms with Crippen LogP contribution in [-0.2, 0) is 0 Å². The molecule has 0 bridgehead atoms. The molecule has 1 aliphatic carbocycles. The van der Waals surface area contributed by atoms with Gasteiger partial charge >= 0.3 is 0 Å². The molecule has 0 aliphatic heterocycles. The van der Waals surface area contributed by atoms with Crippen LogP contribution in [0.5, 0.6) is 0 Å². The van der Waals surface area contributed by atoms with Crippen LogP contribution < -0.4 is 5.32 Å². The number of halogens is 1. The highest BCUT2D eigenvalue weighted by molar-refractivity contribution is 5.14. The van der Waals surface area contributed by atoms with Gasteiger partial charge in [-0.2, -0.15) is 0 Å². The van der Waals surface area contributed by atoms with E-state index in [1.54, 1.807) is 12.3 Å². The number of pyridine rings is 1. The minimum Gasteiger partial charge on any atom is -0.310 e. The summed E-state index contributed by atoms with van der Waals surface area (Å²) >= 11 is 0. The normalized spacial score (nSPS) is 25.2. The third kappa shape index (κ3) is 4.57. The first-order chi connectivity index (χ1) is 9.15. The fraction of sp³-hybridized carbons (Fsp3) is 0.688. The zero-order valence-electron chi connectivity index (χ0n) is 12.0. The standard InChI is InChI=1S/C16H25FN2/c1-12-3-5-14(6-4-12)7-8-19-13(2)15-9-16(17)11-18-10-15/h9-14,19H,3-8H2,1-2H3. The zero-order chi connectivity index (χ0) is 13.7. The summed E-state index contributed by atoms with van der Waals surface area (Å²) in [4.78, 5) is 3.90. The Morgan fingerprint density at radius 3 is 2.74 bits per heavy atom. The van der Waals surface area contributed by atoms with Gasteiger partial charge in [0.2, 0.25) is 0 Å². The summed E-state index contributed by atoms with van der Waals surface area (Å²) < 4.78 is 13.1. The second-order valence-electron chi connectivity index (χ2n) is 6.03. The predicted octanol–water partition coefficient (Wildman–Crippen LogP) is 4.09. The van der Waals surface area contributed by atoms with Crippen LogP contribution in [0.25, 0.3) is 0 Å². The summed E-state index contributed by atoms with van der Waals surface area (Å²) in [5, 5.41) is 3.48. The van der Waals surface area contributed by atoms with Crippen LogP contribution in [0, 0.1) is 17.7 Å². The molecule has 1 aliphatic rings. The van der Waals surface area contributed by atoms with E-state index in [1.165, 1.54) is 38.3 Å². The summed E-state index contributed by atoms with van der Waals surface area (Å²) in [5.74, 6) is 1.54. The van der Waals surface area contributed by atoms with Gasteiger partial charge in [0.25, 0.3) is 0 Å². The van der Waals surface area contributed by atoms with Gasteiger partial charge in [0.1, 0.15) is 5.82 Å². The lowest BCUT2D eigenvalue weighted by Crippen LogP contribution is -2.23. The van der Waals surface area contributed by atoms with Gasteiger partial charge in [-0.15, -0.1) is 0 Å². The van der Waals surface area contributed by atoms with E-state index < -0.39 is 0 Å². The molecular weight excluding hydrogens is 239 g/mol. The van der Waals surface area contributed by atoms with Gasteiger partial charge in [-0.05, 0) is 43.4 Å². The Morgan fingerprint density at radius 1 is 1.32 bits per heavy atom. The highest BCUT2D eigenvalue weighted by Gasteiger charge is 2.18. The molecule has 1 fully saturated rings. The molecule has 2 nitrogen and oxygen atoms in total. The second kappa shape index (κ2) is 6.99. The fourth-order valence-corrected chi connectivity index (χ4v) is 2.90. The maximum atomic E-state index is 13.1. The monoisotopic (exact) mass is 264 g/mol. The van der Waals surface area contributed by atoms with E-state index in [4.69, 9.17) is 0 Å². The van der Waals surface area contributed by atoms with E-state index in [0.29, 0.717) is 0 Å². The Hall–Kier alpha value is -0.960. The molecule has 1 unspecified atom stereocenters. The largest absolute Gasteiger partial charge is 0.310 e. The minimum atomic E-state index is -0.257. The Bertz CT molecular complexity index is 386. The lowest BCUT2D eigenvalue weighted by molar-refractivity contribution is 0.273. The molecule has 19 heavy (non-hydrogen) atoms. The van der Waals surface area contributed by atoms with Crippen LogP contribution in [0.2, 0.25) is 0 Å². The molecule has 1 aromatic heterocycles. The summed E-state index contributed by atoms with van der Waals surface area (Å²) in [6.45, 7) is 5.43. The lowest BCUT2D eigenvalue weighted by Gasteiger charge is -2.26. The zero-order valence-corrected chi connectivity index (χ0v) is 12.0. The quantitative estimate of drug-likeness (QED) is 0.866. The molecule has 1 atom stereocenters. The van der Waals surface area contributed by atoms with Crippen molar-refractivity contribution < 1.29 is 4.39 Å². The van der Waals surface area contributed by atoms with E-state index in [2.05, 4.69) is 24.1 Å². The second-order valence-corrected chi connectivity index (χ2v) is 6.03. The number of hydrogen-bond donors (Lipinski definition) is 1. The average molecular weight is 264 g/mol. The van der Waals surface area contributed by atoms with Gasteiger partial charge in [-0.3, -0.25) is 4.98 Å². The number of nitrogens with one attached hydrogen (secondary N) is 1. The summed E-state index contributed by atoms with van der Waals surface area (Å²) in [7, 11) is 0. The van der Waals surface area contributed by atoms with Crippen molar-refractivity contribution in [3.63, 3.8) is 0 Å². The molecule has 1 N–H and O–H groups in total. The summed E-state index contributed by atoms with van der Waals surface area (Å²) in [5.41, 5.74) is 0.928. The van der Waals surface area contributed by atoms with Gasteiger partial charge in [0.05, 0.1) is 6.20 Å². The first-order valence-corrected chi connectivity index (χ1v) is 7.49. The van der Waals surface area contributed by atoms with Crippen molar-refractivity contribution in [1.29, 1.82) is 0 Å². The molecule has 1 saturated carbocycles. The summed E-state index contributed by atoms with van der Waals surface area (Å²) in [6, 6.07) is 1.73. The Kier molecular flexibility index (Phi) is 5.32. The average Bonchev–Trinajstić information content (AvgIpc) is 2.41. The highest BCUT2D eigenvalue weighted by atomic mass is 19.1. The van der Waals surface area contributed by atoms with Crippen molar-refractivity contribution in [2.45, 2.75) is 52.0 Å². The van der Waals surface area contributed by atoms with Crippen LogP contribution in [0.15, 0.2) is 18.5 Å². The lowest BCUT2D eigenvalue weighted by atomic mass is 9.81.